The monoisotopic (exact) mass is 254 g/mol. The Balaban J connectivity index is 1.78. The molecule has 3 aromatic rings. The SMILES string of the molecule is O=C(Nc1cccc2n[nH]nc12)Oc1ccccc1. The van der Waals surface area contributed by atoms with Gasteiger partial charge in [0.25, 0.3) is 0 Å². The largest absolute Gasteiger partial charge is 0.417 e. The van der Waals surface area contributed by atoms with Gasteiger partial charge in [-0.05, 0) is 24.3 Å². The van der Waals surface area contributed by atoms with E-state index in [-0.39, 0.29) is 0 Å². The number of carbonyl (C=O) groups is 1. The Morgan fingerprint density at radius 2 is 1.89 bits per heavy atom. The molecule has 6 nitrogen and oxygen atoms in total. The van der Waals surface area contributed by atoms with Gasteiger partial charge in [-0.1, -0.05) is 24.3 Å². The van der Waals surface area contributed by atoms with Crippen LogP contribution in [0.5, 0.6) is 5.75 Å². The number of ether oxygens (including phenoxy) is 1. The van der Waals surface area contributed by atoms with Crippen LogP contribution in [0.2, 0.25) is 0 Å². The zero-order chi connectivity index (χ0) is 13.1. The van der Waals surface area contributed by atoms with E-state index in [1.807, 2.05) is 6.07 Å². The number of fused-ring (bicyclic) bond motifs is 1. The molecule has 19 heavy (non-hydrogen) atoms. The summed E-state index contributed by atoms with van der Waals surface area (Å²) in [5, 5.41) is 13.1. The van der Waals surface area contributed by atoms with Crippen LogP contribution in [0.3, 0.4) is 0 Å². The molecule has 1 aromatic heterocycles. The second-order valence-corrected chi connectivity index (χ2v) is 3.82. The standard InChI is InChI=1S/C13H10N4O2/c18-13(19-9-5-2-1-3-6-9)14-10-7-4-8-11-12(10)16-17-15-11/h1-8H,(H,14,18)(H,15,16,17). The van der Waals surface area contributed by atoms with Crippen LogP contribution in [0.15, 0.2) is 48.5 Å². The van der Waals surface area contributed by atoms with Crippen LogP contribution in [0.4, 0.5) is 10.5 Å². The maximum absolute atomic E-state index is 11.8. The number of hydrogen-bond acceptors (Lipinski definition) is 4. The van der Waals surface area contributed by atoms with E-state index < -0.39 is 6.09 Å². The number of carbonyl (C=O) groups excluding carboxylic acids is 1. The van der Waals surface area contributed by atoms with Crippen LogP contribution in [0, 0.1) is 0 Å². The zero-order valence-corrected chi connectivity index (χ0v) is 9.83. The van der Waals surface area contributed by atoms with Crippen molar-refractivity contribution in [3.63, 3.8) is 0 Å². The van der Waals surface area contributed by atoms with Crippen LogP contribution >= 0.6 is 0 Å². The predicted molar refractivity (Wildman–Crippen MR) is 70.0 cm³/mol. The van der Waals surface area contributed by atoms with Crippen molar-refractivity contribution in [1.82, 2.24) is 15.4 Å². The van der Waals surface area contributed by atoms with Crippen molar-refractivity contribution < 1.29 is 9.53 Å². The molecule has 0 saturated heterocycles. The molecule has 1 amide bonds. The normalized spacial score (nSPS) is 10.3. The summed E-state index contributed by atoms with van der Waals surface area (Å²) in [6.07, 6.45) is -0.568. The minimum atomic E-state index is -0.568. The smallest absolute Gasteiger partial charge is 0.410 e. The average Bonchev–Trinajstić information content (AvgIpc) is 2.89. The van der Waals surface area contributed by atoms with E-state index in [0.717, 1.165) is 0 Å². The molecule has 2 aromatic carbocycles. The van der Waals surface area contributed by atoms with Crippen molar-refractivity contribution >= 4 is 22.8 Å². The molecule has 94 valence electrons. The first-order chi connectivity index (χ1) is 9.33. The molecule has 0 aliphatic carbocycles. The Morgan fingerprint density at radius 1 is 1.05 bits per heavy atom. The summed E-state index contributed by atoms with van der Waals surface area (Å²) < 4.78 is 5.14. The lowest BCUT2D eigenvalue weighted by Gasteiger charge is -2.06. The second-order valence-electron chi connectivity index (χ2n) is 3.82. The Morgan fingerprint density at radius 3 is 2.74 bits per heavy atom. The number of benzene rings is 2. The third-order valence-corrected chi connectivity index (χ3v) is 2.54. The lowest BCUT2D eigenvalue weighted by Crippen LogP contribution is -2.16. The first-order valence-corrected chi connectivity index (χ1v) is 5.66. The Bertz CT molecular complexity index is 709. The number of nitrogens with zero attached hydrogens (tertiary/aromatic N) is 2. The highest BCUT2D eigenvalue weighted by molar-refractivity contribution is 5.96. The molecule has 0 spiro atoms. The number of hydrogen-bond donors (Lipinski definition) is 2. The first kappa shape index (κ1) is 11.2. The summed E-state index contributed by atoms with van der Waals surface area (Å²) >= 11 is 0. The summed E-state index contributed by atoms with van der Waals surface area (Å²) in [6.45, 7) is 0. The predicted octanol–water partition coefficient (Wildman–Crippen LogP) is 2.57. The molecule has 2 N–H and O–H groups in total. The number of anilines is 1. The Kier molecular flexibility index (Phi) is 2.82. The van der Waals surface area contributed by atoms with Gasteiger partial charge >= 0.3 is 6.09 Å². The lowest BCUT2D eigenvalue weighted by atomic mass is 10.3. The van der Waals surface area contributed by atoms with Gasteiger partial charge in [-0.15, -0.1) is 0 Å². The first-order valence-electron chi connectivity index (χ1n) is 5.66. The minimum absolute atomic E-state index is 0.479. The van der Waals surface area contributed by atoms with Crippen LogP contribution in [0.1, 0.15) is 0 Å². The number of H-pyrrole nitrogens is 1. The van der Waals surface area contributed by atoms with E-state index in [0.29, 0.717) is 22.5 Å². The Hall–Kier alpha value is -2.89. The van der Waals surface area contributed by atoms with Crippen molar-refractivity contribution in [3.05, 3.63) is 48.5 Å². The molecule has 0 saturated carbocycles. The number of rotatable bonds is 2. The molecule has 0 atom stereocenters. The van der Waals surface area contributed by atoms with E-state index in [1.165, 1.54) is 0 Å². The quantitative estimate of drug-likeness (QED) is 0.736. The number of aromatic amines is 1. The van der Waals surface area contributed by atoms with Gasteiger partial charge in [0.1, 0.15) is 16.8 Å². The van der Waals surface area contributed by atoms with Gasteiger partial charge in [0, 0.05) is 0 Å². The molecule has 1 heterocycles. The molecule has 0 radical (unpaired) electrons. The highest BCUT2D eigenvalue weighted by atomic mass is 16.6. The van der Waals surface area contributed by atoms with E-state index in [1.54, 1.807) is 42.5 Å². The van der Waals surface area contributed by atoms with E-state index in [4.69, 9.17) is 4.74 Å². The molecule has 0 aliphatic heterocycles. The second kappa shape index (κ2) is 4.77. The minimum Gasteiger partial charge on any atom is -0.410 e. The number of amides is 1. The number of nitrogens with one attached hydrogen (secondary N) is 2. The fourth-order valence-electron chi connectivity index (χ4n) is 1.70. The molecule has 6 heteroatoms. The molecular formula is C13H10N4O2. The summed E-state index contributed by atoms with van der Waals surface area (Å²) in [5.41, 5.74) is 1.82. The third-order valence-electron chi connectivity index (χ3n) is 2.54. The maximum Gasteiger partial charge on any atom is 0.417 e. The van der Waals surface area contributed by atoms with Crippen LogP contribution in [0.25, 0.3) is 11.0 Å². The van der Waals surface area contributed by atoms with E-state index in [9.17, 15) is 4.79 Å². The summed E-state index contributed by atoms with van der Waals surface area (Å²) in [6, 6.07) is 14.2. The van der Waals surface area contributed by atoms with Gasteiger partial charge in [0.2, 0.25) is 0 Å². The highest BCUT2D eigenvalue weighted by Crippen LogP contribution is 2.19. The van der Waals surface area contributed by atoms with Crippen molar-refractivity contribution in [2.45, 2.75) is 0 Å². The summed E-state index contributed by atoms with van der Waals surface area (Å²) in [4.78, 5) is 11.8. The van der Waals surface area contributed by atoms with Crippen molar-refractivity contribution in [1.29, 1.82) is 0 Å². The van der Waals surface area contributed by atoms with Crippen molar-refractivity contribution in [2.75, 3.05) is 5.32 Å². The average molecular weight is 254 g/mol. The molecule has 3 rings (SSSR count). The van der Waals surface area contributed by atoms with Crippen molar-refractivity contribution in [3.8, 4) is 5.75 Å². The topological polar surface area (TPSA) is 79.9 Å². The lowest BCUT2D eigenvalue weighted by molar-refractivity contribution is 0.215. The Labute approximate surface area is 108 Å². The van der Waals surface area contributed by atoms with Crippen LogP contribution < -0.4 is 10.1 Å². The van der Waals surface area contributed by atoms with Crippen molar-refractivity contribution in [2.24, 2.45) is 0 Å². The fourth-order valence-corrected chi connectivity index (χ4v) is 1.70. The van der Waals surface area contributed by atoms with Gasteiger partial charge in [0.15, 0.2) is 0 Å². The molecule has 0 bridgehead atoms. The number of para-hydroxylation sites is 2. The fraction of sp³-hybridized carbons (Fsp3) is 0. The summed E-state index contributed by atoms with van der Waals surface area (Å²) in [5.74, 6) is 0.479. The highest BCUT2D eigenvalue weighted by Gasteiger charge is 2.09. The van der Waals surface area contributed by atoms with E-state index in [2.05, 4.69) is 20.7 Å². The van der Waals surface area contributed by atoms with Crippen LogP contribution in [-0.4, -0.2) is 21.5 Å². The number of aromatic nitrogens is 3. The van der Waals surface area contributed by atoms with Gasteiger partial charge in [-0.2, -0.15) is 15.4 Å². The summed E-state index contributed by atoms with van der Waals surface area (Å²) in [7, 11) is 0. The van der Waals surface area contributed by atoms with Crippen LogP contribution in [-0.2, 0) is 0 Å². The van der Waals surface area contributed by atoms with Gasteiger partial charge in [0.05, 0.1) is 5.69 Å². The van der Waals surface area contributed by atoms with Gasteiger partial charge < -0.3 is 4.74 Å². The zero-order valence-electron chi connectivity index (χ0n) is 9.83. The van der Waals surface area contributed by atoms with E-state index >= 15 is 0 Å². The third kappa shape index (κ3) is 2.37. The van der Waals surface area contributed by atoms with Gasteiger partial charge in [-0.3, -0.25) is 5.32 Å². The molecule has 0 aliphatic rings. The molecular weight excluding hydrogens is 244 g/mol. The van der Waals surface area contributed by atoms with Gasteiger partial charge in [-0.25, -0.2) is 4.79 Å². The molecule has 0 fully saturated rings. The maximum atomic E-state index is 11.8. The molecule has 0 unspecified atom stereocenters.